The van der Waals surface area contributed by atoms with Crippen molar-refractivity contribution in [1.29, 1.82) is 0 Å². The molecule has 0 bridgehead atoms. The molecule has 0 saturated carbocycles. The van der Waals surface area contributed by atoms with Gasteiger partial charge in [-0.2, -0.15) is 0 Å². The van der Waals surface area contributed by atoms with E-state index in [-0.39, 0.29) is 0 Å². The molecule has 2 aromatic rings. The molecule has 1 heterocycles. The summed E-state index contributed by atoms with van der Waals surface area (Å²) in [5.74, 6) is 0.351. The van der Waals surface area contributed by atoms with Crippen molar-refractivity contribution in [2.24, 2.45) is 5.92 Å². The zero-order valence-electron chi connectivity index (χ0n) is 17.9. The summed E-state index contributed by atoms with van der Waals surface area (Å²) in [4.78, 5) is 0. The molecule has 162 valence electrons. The van der Waals surface area contributed by atoms with Crippen molar-refractivity contribution < 1.29 is 24.1 Å². The SMILES string of the molecule is CO[C@@H]1[C@H](OCc2ccccc2)[C@@H](OCc2ccccc2)[C@@H](/C=C\C(C)C)O[C@@H]1O. The first-order valence-electron chi connectivity index (χ1n) is 10.4. The Kier molecular flexibility index (Phi) is 8.61. The Morgan fingerprint density at radius 1 is 0.867 bits per heavy atom. The minimum atomic E-state index is -1.10. The van der Waals surface area contributed by atoms with E-state index in [0.717, 1.165) is 11.1 Å². The summed E-state index contributed by atoms with van der Waals surface area (Å²) < 4.78 is 24.0. The van der Waals surface area contributed by atoms with E-state index in [0.29, 0.717) is 19.1 Å². The highest BCUT2D eigenvalue weighted by Crippen LogP contribution is 2.29. The van der Waals surface area contributed by atoms with Gasteiger partial charge in [0.05, 0.1) is 13.2 Å². The molecule has 3 rings (SSSR count). The van der Waals surface area contributed by atoms with E-state index < -0.39 is 30.7 Å². The summed E-state index contributed by atoms with van der Waals surface area (Å²) in [6.07, 6.45) is 0.874. The average molecular weight is 413 g/mol. The monoisotopic (exact) mass is 412 g/mol. The summed E-state index contributed by atoms with van der Waals surface area (Å²) in [5.41, 5.74) is 2.11. The number of aliphatic hydroxyl groups excluding tert-OH is 1. The first kappa shape index (κ1) is 22.7. The lowest BCUT2D eigenvalue weighted by atomic mass is 9.96. The molecule has 0 aliphatic carbocycles. The number of benzene rings is 2. The molecule has 5 atom stereocenters. The predicted molar refractivity (Wildman–Crippen MR) is 116 cm³/mol. The van der Waals surface area contributed by atoms with Gasteiger partial charge in [0.25, 0.3) is 0 Å². The predicted octanol–water partition coefficient (Wildman–Crippen LogP) is 4.10. The lowest BCUT2D eigenvalue weighted by Crippen LogP contribution is -2.59. The third-order valence-corrected chi connectivity index (χ3v) is 5.08. The standard InChI is InChI=1S/C25H32O5/c1-18(2)14-15-21-22(28-16-19-10-6-4-7-11-19)23(24(27-3)25(26)30-21)29-17-20-12-8-5-9-13-20/h4-15,18,21-26H,16-17H2,1-3H3/b15-14-/t21-,22+,23-,24-,25+/m1/s1. The summed E-state index contributed by atoms with van der Waals surface area (Å²) in [6.45, 7) is 5.00. The lowest BCUT2D eigenvalue weighted by Gasteiger charge is -2.43. The molecule has 0 spiro atoms. The van der Waals surface area contributed by atoms with Crippen LogP contribution in [0.15, 0.2) is 72.8 Å². The van der Waals surface area contributed by atoms with Crippen molar-refractivity contribution in [3.05, 3.63) is 83.9 Å². The number of allylic oxidation sites excluding steroid dienone is 1. The van der Waals surface area contributed by atoms with Gasteiger partial charge in [0.1, 0.15) is 24.4 Å². The molecule has 1 aliphatic heterocycles. The highest BCUT2D eigenvalue weighted by atomic mass is 16.7. The average Bonchev–Trinajstić information content (AvgIpc) is 2.76. The van der Waals surface area contributed by atoms with Gasteiger partial charge in [-0.3, -0.25) is 0 Å². The number of rotatable bonds is 9. The topological polar surface area (TPSA) is 57.2 Å². The van der Waals surface area contributed by atoms with E-state index in [1.807, 2.05) is 66.7 Å². The smallest absolute Gasteiger partial charge is 0.184 e. The van der Waals surface area contributed by atoms with Crippen LogP contribution in [-0.2, 0) is 32.2 Å². The zero-order chi connectivity index (χ0) is 21.3. The fraction of sp³-hybridized carbons (Fsp3) is 0.440. The van der Waals surface area contributed by atoms with Gasteiger partial charge in [-0.15, -0.1) is 0 Å². The quantitative estimate of drug-likeness (QED) is 0.629. The molecule has 0 aromatic heterocycles. The highest BCUT2D eigenvalue weighted by Gasteiger charge is 2.46. The Hall–Kier alpha value is -2.02. The largest absolute Gasteiger partial charge is 0.373 e. The van der Waals surface area contributed by atoms with Crippen molar-refractivity contribution in [3.63, 3.8) is 0 Å². The molecular weight excluding hydrogens is 380 g/mol. The van der Waals surface area contributed by atoms with E-state index in [9.17, 15) is 5.11 Å². The highest BCUT2D eigenvalue weighted by molar-refractivity contribution is 5.15. The Bertz CT molecular complexity index is 762. The van der Waals surface area contributed by atoms with Gasteiger partial charge >= 0.3 is 0 Å². The zero-order valence-corrected chi connectivity index (χ0v) is 17.9. The van der Waals surface area contributed by atoms with Gasteiger partial charge in [-0.25, -0.2) is 0 Å². The molecule has 0 radical (unpaired) electrons. The maximum atomic E-state index is 10.6. The molecule has 5 nitrogen and oxygen atoms in total. The van der Waals surface area contributed by atoms with E-state index in [1.165, 1.54) is 0 Å². The van der Waals surface area contributed by atoms with Crippen LogP contribution in [0.3, 0.4) is 0 Å². The van der Waals surface area contributed by atoms with Gasteiger partial charge in [0.2, 0.25) is 0 Å². The number of methoxy groups -OCH3 is 1. The molecule has 1 fully saturated rings. The van der Waals surface area contributed by atoms with Crippen LogP contribution in [0.2, 0.25) is 0 Å². The van der Waals surface area contributed by atoms with Crippen molar-refractivity contribution >= 4 is 0 Å². The fourth-order valence-corrected chi connectivity index (χ4v) is 3.50. The maximum Gasteiger partial charge on any atom is 0.184 e. The maximum absolute atomic E-state index is 10.6. The van der Waals surface area contributed by atoms with Gasteiger partial charge in [-0.05, 0) is 17.0 Å². The summed E-state index contributed by atoms with van der Waals surface area (Å²) >= 11 is 0. The molecule has 30 heavy (non-hydrogen) atoms. The second-order valence-electron chi connectivity index (χ2n) is 7.84. The second-order valence-corrected chi connectivity index (χ2v) is 7.84. The first-order valence-corrected chi connectivity index (χ1v) is 10.4. The molecule has 0 amide bonds. The minimum Gasteiger partial charge on any atom is -0.373 e. The van der Waals surface area contributed by atoms with E-state index in [4.69, 9.17) is 18.9 Å². The van der Waals surface area contributed by atoms with Gasteiger partial charge < -0.3 is 24.1 Å². The Morgan fingerprint density at radius 3 is 1.90 bits per heavy atom. The van der Waals surface area contributed by atoms with Gasteiger partial charge in [0.15, 0.2) is 6.29 Å². The van der Waals surface area contributed by atoms with Gasteiger partial charge in [0, 0.05) is 7.11 Å². The third kappa shape index (κ3) is 6.24. The van der Waals surface area contributed by atoms with Crippen LogP contribution in [0.1, 0.15) is 25.0 Å². The van der Waals surface area contributed by atoms with Crippen LogP contribution >= 0.6 is 0 Å². The molecule has 1 aliphatic rings. The van der Waals surface area contributed by atoms with Crippen molar-refractivity contribution in [2.45, 2.75) is 57.8 Å². The van der Waals surface area contributed by atoms with Crippen LogP contribution in [0.4, 0.5) is 0 Å². The third-order valence-electron chi connectivity index (χ3n) is 5.08. The Labute approximate surface area is 179 Å². The molecule has 1 saturated heterocycles. The van der Waals surface area contributed by atoms with Crippen LogP contribution in [0, 0.1) is 5.92 Å². The molecule has 5 heteroatoms. The summed E-state index contributed by atoms with van der Waals surface area (Å²) in [6, 6.07) is 19.9. The van der Waals surface area contributed by atoms with E-state index in [2.05, 4.69) is 19.9 Å². The normalized spacial score (nSPS) is 27.0. The van der Waals surface area contributed by atoms with Gasteiger partial charge in [-0.1, -0.05) is 86.7 Å². The number of ether oxygens (including phenoxy) is 4. The lowest BCUT2D eigenvalue weighted by molar-refractivity contribution is -0.296. The second kappa shape index (κ2) is 11.4. The van der Waals surface area contributed by atoms with E-state index >= 15 is 0 Å². The van der Waals surface area contributed by atoms with Crippen LogP contribution in [0.5, 0.6) is 0 Å². The molecule has 0 unspecified atom stereocenters. The fourth-order valence-electron chi connectivity index (χ4n) is 3.50. The molecular formula is C25H32O5. The number of hydrogen-bond acceptors (Lipinski definition) is 5. The minimum absolute atomic E-state index is 0.351. The Morgan fingerprint density at radius 2 is 1.40 bits per heavy atom. The van der Waals surface area contributed by atoms with Crippen LogP contribution in [0.25, 0.3) is 0 Å². The molecule has 1 N–H and O–H groups in total. The summed E-state index contributed by atoms with van der Waals surface area (Å²) in [5, 5.41) is 10.6. The number of hydrogen-bond donors (Lipinski definition) is 1. The van der Waals surface area contributed by atoms with Crippen molar-refractivity contribution in [3.8, 4) is 0 Å². The Balaban J connectivity index is 1.81. The molecule has 2 aromatic carbocycles. The summed E-state index contributed by atoms with van der Waals surface area (Å²) in [7, 11) is 1.55. The van der Waals surface area contributed by atoms with Crippen LogP contribution < -0.4 is 0 Å². The number of aliphatic hydroxyl groups is 1. The van der Waals surface area contributed by atoms with E-state index in [1.54, 1.807) is 7.11 Å². The van der Waals surface area contributed by atoms with Crippen LogP contribution in [-0.4, -0.2) is 42.9 Å². The van der Waals surface area contributed by atoms with Crippen molar-refractivity contribution in [1.82, 2.24) is 0 Å². The van der Waals surface area contributed by atoms with Crippen molar-refractivity contribution in [2.75, 3.05) is 7.11 Å². The first-order chi connectivity index (χ1) is 14.6.